The van der Waals surface area contributed by atoms with Crippen molar-refractivity contribution in [1.82, 2.24) is 9.80 Å². The summed E-state index contributed by atoms with van der Waals surface area (Å²) in [7, 11) is 0. The lowest BCUT2D eigenvalue weighted by molar-refractivity contribution is -0.138. The third-order valence-electron chi connectivity index (χ3n) is 6.04. The Balaban J connectivity index is 1.45. The molecule has 3 saturated heterocycles. The maximum absolute atomic E-state index is 14.2. The molecule has 0 unspecified atom stereocenters. The van der Waals surface area contributed by atoms with Gasteiger partial charge in [0.25, 0.3) is 5.91 Å². The summed E-state index contributed by atoms with van der Waals surface area (Å²) in [6.07, 6.45) is 0.430. The second-order valence-corrected chi connectivity index (χ2v) is 7.50. The van der Waals surface area contributed by atoms with Crippen molar-refractivity contribution in [3.63, 3.8) is 0 Å². The van der Waals surface area contributed by atoms with Crippen molar-refractivity contribution in [2.45, 2.75) is 30.7 Å². The number of phenols is 1. The van der Waals surface area contributed by atoms with E-state index in [9.17, 15) is 19.1 Å². The van der Waals surface area contributed by atoms with Gasteiger partial charge in [0.1, 0.15) is 17.7 Å². The van der Waals surface area contributed by atoms with Crippen molar-refractivity contribution in [3.8, 4) is 5.75 Å². The minimum atomic E-state index is -0.847. The van der Waals surface area contributed by atoms with Gasteiger partial charge in [-0.15, -0.1) is 0 Å². The Hall–Kier alpha value is -2.93. The number of rotatable bonds is 2. The quantitative estimate of drug-likeness (QED) is 0.866. The van der Waals surface area contributed by atoms with E-state index in [0.29, 0.717) is 19.5 Å². The largest absolute Gasteiger partial charge is 0.508 e. The summed E-state index contributed by atoms with van der Waals surface area (Å²) in [4.78, 5) is 28.9. The first-order valence-corrected chi connectivity index (χ1v) is 9.32. The Bertz CT molecular complexity index is 966. The molecule has 5 rings (SSSR count). The first-order chi connectivity index (χ1) is 13.5. The molecule has 0 bridgehead atoms. The van der Waals surface area contributed by atoms with Crippen LogP contribution in [-0.4, -0.2) is 51.6 Å². The molecule has 2 aromatic carbocycles. The molecule has 1 N–H and O–H groups in total. The average molecular weight is 382 g/mol. The fourth-order valence-electron chi connectivity index (χ4n) is 4.74. The van der Waals surface area contributed by atoms with Crippen molar-refractivity contribution >= 4 is 11.8 Å². The molecular formula is C21H19FN2O4. The number of carbonyl (C=O) groups excluding carboxylic acids is 2. The highest BCUT2D eigenvalue weighted by atomic mass is 19.1. The molecule has 0 radical (unpaired) electrons. The number of ether oxygens (including phenoxy) is 1. The second kappa shape index (κ2) is 6.04. The summed E-state index contributed by atoms with van der Waals surface area (Å²) < 4.78 is 20.6. The van der Waals surface area contributed by atoms with E-state index in [2.05, 4.69) is 0 Å². The Labute approximate surface area is 161 Å². The number of aromatic hydroxyl groups is 1. The predicted molar refractivity (Wildman–Crippen MR) is 96.8 cm³/mol. The normalized spacial score (nSPS) is 28.5. The van der Waals surface area contributed by atoms with Crippen LogP contribution in [0, 0.1) is 5.82 Å². The molecule has 28 heavy (non-hydrogen) atoms. The molecule has 1 spiro atoms. The molecule has 2 aromatic rings. The molecule has 6 nitrogen and oxygen atoms in total. The number of hydrogen-bond acceptors (Lipinski definition) is 4. The van der Waals surface area contributed by atoms with E-state index in [4.69, 9.17) is 4.74 Å². The van der Waals surface area contributed by atoms with Crippen molar-refractivity contribution < 1.29 is 23.8 Å². The Morgan fingerprint density at radius 2 is 2.00 bits per heavy atom. The number of halogens is 1. The fraction of sp³-hybridized carbons (Fsp3) is 0.333. The first kappa shape index (κ1) is 17.2. The Morgan fingerprint density at radius 3 is 2.75 bits per heavy atom. The van der Waals surface area contributed by atoms with Gasteiger partial charge in [-0.25, -0.2) is 4.39 Å². The SMILES string of the molecule is O=C(c1ccc(O)cc1F)N1CC[C@@]23O[C@@H](c4ccccc4)CN2C(=O)C[C@@H]13. The van der Waals surface area contributed by atoms with Crippen molar-refractivity contribution in [3.05, 3.63) is 65.5 Å². The van der Waals surface area contributed by atoms with Crippen LogP contribution < -0.4 is 0 Å². The van der Waals surface area contributed by atoms with Gasteiger partial charge < -0.3 is 19.6 Å². The number of carbonyl (C=O) groups is 2. The zero-order valence-electron chi connectivity index (χ0n) is 15.0. The summed E-state index contributed by atoms with van der Waals surface area (Å²) in [6.45, 7) is 0.837. The van der Waals surface area contributed by atoms with Gasteiger partial charge in [-0.05, 0) is 17.7 Å². The van der Waals surface area contributed by atoms with E-state index in [1.807, 2.05) is 30.3 Å². The van der Waals surface area contributed by atoms with Gasteiger partial charge in [-0.3, -0.25) is 9.59 Å². The van der Waals surface area contributed by atoms with Crippen LogP contribution in [0.4, 0.5) is 4.39 Å². The van der Waals surface area contributed by atoms with E-state index < -0.39 is 23.5 Å². The van der Waals surface area contributed by atoms with Crippen molar-refractivity contribution in [2.24, 2.45) is 0 Å². The van der Waals surface area contributed by atoms with Crippen molar-refractivity contribution in [1.29, 1.82) is 0 Å². The molecule has 0 saturated carbocycles. The molecule has 3 aliphatic rings. The number of phenolic OH excluding ortho intramolecular Hbond substituents is 1. The molecule has 3 fully saturated rings. The maximum atomic E-state index is 14.2. The van der Waals surface area contributed by atoms with E-state index >= 15 is 0 Å². The second-order valence-electron chi connectivity index (χ2n) is 7.50. The Kier molecular flexibility index (Phi) is 3.71. The van der Waals surface area contributed by atoms with Crippen LogP contribution >= 0.6 is 0 Å². The number of nitrogens with zero attached hydrogens (tertiary/aromatic N) is 2. The van der Waals surface area contributed by atoms with E-state index in [0.717, 1.165) is 11.6 Å². The molecule has 2 amide bonds. The molecule has 3 heterocycles. The minimum Gasteiger partial charge on any atom is -0.508 e. The van der Waals surface area contributed by atoms with E-state index in [1.165, 1.54) is 12.1 Å². The van der Waals surface area contributed by atoms with Crippen LogP contribution in [0.15, 0.2) is 48.5 Å². The van der Waals surface area contributed by atoms with Gasteiger partial charge in [0.2, 0.25) is 5.91 Å². The lowest BCUT2D eigenvalue weighted by Crippen LogP contribution is -2.48. The summed E-state index contributed by atoms with van der Waals surface area (Å²) in [6, 6.07) is 12.7. The highest BCUT2D eigenvalue weighted by molar-refractivity contribution is 5.96. The molecular weight excluding hydrogens is 363 g/mol. The highest BCUT2D eigenvalue weighted by Crippen LogP contribution is 2.50. The van der Waals surface area contributed by atoms with Crippen LogP contribution in [0.2, 0.25) is 0 Å². The van der Waals surface area contributed by atoms with E-state index in [-0.39, 0.29) is 29.7 Å². The Morgan fingerprint density at radius 1 is 1.21 bits per heavy atom. The third kappa shape index (κ3) is 2.36. The number of hydrogen-bond donors (Lipinski definition) is 1. The number of amides is 2. The molecule has 0 aromatic heterocycles. The predicted octanol–water partition coefficient (Wildman–Crippen LogP) is 2.45. The minimum absolute atomic E-state index is 0.0490. The van der Waals surface area contributed by atoms with Crippen LogP contribution in [0.3, 0.4) is 0 Å². The lowest BCUT2D eigenvalue weighted by Gasteiger charge is -2.32. The van der Waals surface area contributed by atoms with Gasteiger partial charge in [0, 0.05) is 19.0 Å². The first-order valence-electron chi connectivity index (χ1n) is 9.32. The third-order valence-corrected chi connectivity index (χ3v) is 6.04. The van der Waals surface area contributed by atoms with Gasteiger partial charge in [0.15, 0.2) is 5.72 Å². The molecule has 0 aliphatic carbocycles. The van der Waals surface area contributed by atoms with Gasteiger partial charge in [0.05, 0.1) is 24.6 Å². The maximum Gasteiger partial charge on any atom is 0.257 e. The summed E-state index contributed by atoms with van der Waals surface area (Å²) in [5.41, 5.74) is 0.0335. The lowest BCUT2D eigenvalue weighted by atomic mass is 10.1. The van der Waals surface area contributed by atoms with Gasteiger partial charge in [-0.1, -0.05) is 30.3 Å². The van der Waals surface area contributed by atoms with Gasteiger partial charge >= 0.3 is 0 Å². The van der Waals surface area contributed by atoms with Crippen LogP contribution in [-0.2, 0) is 9.53 Å². The molecule has 7 heteroatoms. The molecule has 3 atom stereocenters. The van der Waals surface area contributed by atoms with Gasteiger partial charge in [-0.2, -0.15) is 0 Å². The highest BCUT2D eigenvalue weighted by Gasteiger charge is 2.65. The number of likely N-dealkylation sites (tertiary alicyclic amines) is 1. The number of benzene rings is 2. The van der Waals surface area contributed by atoms with Crippen LogP contribution in [0.25, 0.3) is 0 Å². The summed E-state index contributed by atoms with van der Waals surface area (Å²) >= 11 is 0. The molecule has 3 aliphatic heterocycles. The van der Waals surface area contributed by atoms with E-state index in [1.54, 1.807) is 9.80 Å². The summed E-state index contributed by atoms with van der Waals surface area (Å²) in [5, 5.41) is 9.39. The zero-order valence-corrected chi connectivity index (χ0v) is 15.0. The smallest absolute Gasteiger partial charge is 0.257 e. The zero-order chi connectivity index (χ0) is 19.5. The fourth-order valence-corrected chi connectivity index (χ4v) is 4.74. The van der Waals surface area contributed by atoms with Crippen molar-refractivity contribution in [2.75, 3.05) is 13.1 Å². The standard InChI is InChI=1S/C21H19FN2O4/c22-16-10-14(25)6-7-15(16)20(27)23-9-8-21-18(23)11-19(26)24(21)12-17(28-21)13-4-2-1-3-5-13/h1-7,10,17-18,25H,8-9,11-12H2/t17-,18-,21+/m1/s1. The topological polar surface area (TPSA) is 70.1 Å². The summed E-state index contributed by atoms with van der Waals surface area (Å²) in [5.74, 6) is -1.55. The average Bonchev–Trinajstić information content (AvgIpc) is 3.31. The van der Waals surface area contributed by atoms with Crippen LogP contribution in [0.5, 0.6) is 5.75 Å². The molecule has 144 valence electrons. The van der Waals surface area contributed by atoms with Crippen LogP contribution in [0.1, 0.15) is 34.9 Å². The monoisotopic (exact) mass is 382 g/mol.